The molecule has 2 N–H and O–H groups in total. The second-order valence-electron chi connectivity index (χ2n) is 5.86. The second kappa shape index (κ2) is 7.33. The third kappa shape index (κ3) is 5.05. The number of unbranched alkanes of at least 4 members (excludes halogenated alkanes) is 2. The van der Waals surface area contributed by atoms with Gasteiger partial charge in [-0.05, 0) is 13.3 Å². The summed E-state index contributed by atoms with van der Waals surface area (Å²) in [6.45, 7) is 3.83. The van der Waals surface area contributed by atoms with Gasteiger partial charge in [0.2, 0.25) is 0 Å². The van der Waals surface area contributed by atoms with Gasteiger partial charge < -0.3 is 15.3 Å². The van der Waals surface area contributed by atoms with E-state index in [0.29, 0.717) is 0 Å². The van der Waals surface area contributed by atoms with E-state index in [9.17, 15) is 23.1 Å². The van der Waals surface area contributed by atoms with Gasteiger partial charge in [-0.25, -0.2) is 4.79 Å². The number of carbonyl (C=O) groups is 1. The minimum absolute atomic E-state index is 0.00692. The third-order valence-corrected chi connectivity index (χ3v) is 4.02. The zero-order valence-electron chi connectivity index (χ0n) is 12.7. The summed E-state index contributed by atoms with van der Waals surface area (Å²) in [5.74, 6) is 0. The Morgan fingerprint density at radius 2 is 1.90 bits per heavy atom. The van der Waals surface area contributed by atoms with Crippen LogP contribution < -0.4 is 5.32 Å². The quantitative estimate of drug-likeness (QED) is 0.767. The van der Waals surface area contributed by atoms with Gasteiger partial charge in [0.15, 0.2) is 5.60 Å². The third-order valence-electron chi connectivity index (χ3n) is 4.02. The van der Waals surface area contributed by atoms with Gasteiger partial charge in [0.05, 0.1) is 0 Å². The molecule has 1 saturated heterocycles. The number of carbonyl (C=O) groups excluding carboxylic acids is 1. The molecule has 4 nitrogen and oxygen atoms in total. The Morgan fingerprint density at radius 1 is 1.33 bits per heavy atom. The topological polar surface area (TPSA) is 52.6 Å². The molecule has 0 spiro atoms. The zero-order chi connectivity index (χ0) is 16.1. The molecule has 1 heterocycles. The highest BCUT2D eigenvalue weighted by molar-refractivity contribution is 5.74. The van der Waals surface area contributed by atoms with E-state index in [0.717, 1.165) is 25.7 Å². The van der Waals surface area contributed by atoms with Crippen molar-refractivity contribution in [1.29, 1.82) is 0 Å². The number of rotatable bonds is 5. The first-order valence-corrected chi connectivity index (χ1v) is 7.54. The molecule has 1 unspecified atom stereocenters. The number of halogens is 3. The molecule has 1 aliphatic rings. The summed E-state index contributed by atoms with van der Waals surface area (Å²) in [7, 11) is 0. The molecule has 7 heteroatoms. The van der Waals surface area contributed by atoms with Crippen molar-refractivity contribution in [1.82, 2.24) is 10.2 Å². The number of piperidine rings is 1. The van der Waals surface area contributed by atoms with E-state index in [-0.39, 0.29) is 25.2 Å². The molecule has 2 amide bonds. The number of amides is 2. The van der Waals surface area contributed by atoms with E-state index in [1.807, 2.05) is 6.92 Å². The lowest BCUT2D eigenvalue weighted by Crippen LogP contribution is -2.56. The summed E-state index contributed by atoms with van der Waals surface area (Å²) in [6, 6.07) is -0.337. The first-order valence-electron chi connectivity index (χ1n) is 7.54. The van der Waals surface area contributed by atoms with Gasteiger partial charge in [0.25, 0.3) is 0 Å². The average molecular weight is 310 g/mol. The largest absolute Gasteiger partial charge is 0.417 e. The normalized spacial score (nSPS) is 20.2. The van der Waals surface area contributed by atoms with Crippen LogP contribution in [0.2, 0.25) is 0 Å². The summed E-state index contributed by atoms with van der Waals surface area (Å²) in [5, 5.41) is 12.3. The second-order valence-corrected chi connectivity index (χ2v) is 5.86. The van der Waals surface area contributed by atoms with Crippen molar-refractivity contribution in [2.75, 3.05) is 13.1 Å². The highest BCUT2D eigenvalue weighted by atomic mass is 19.4. The molecule has 1 atom stereocenters. The molecule has 0 bridgehead atoms. The van der Waals surface area contributed by atoms with E-state index in [2.05, 4.69) is 12.2 Å². The number of nitrogens with one attached hydrogen (secondary N) is 1. The summed E-state index contributed by atoms with van der Waals surface area (Å²) in [6.07, 6.45) is -1.48. The van der Waals surface area contributed by atoms with Gasteiger partial charge in [-0.3, -0.25) is 0 Å². The number of likely N-dealkylation sites (tertiary alicyclic amines) is 1. The number of aliphatic hydroxyl groups is 1. The molecule has 0 aromatic rings. The highest BCUT2D eigenvalue weighted by Crippen LogP contribution is 2.38. The van der Waals surface area contributed by atoms with Crippen molar-refractivity contribution < 1.29 is 23.1 Å². The predicted octanol–water partition coefficient (Wildman–Crippen LogP) is 3.05. The summed E-state index contributed by atoms with van der Waals surface area (Å²) < 4.78 is 38.0. The van der Waals surface area contributed by atoms with Crippen LogP contribution >= 0.6 is 0 Å². The fourth-order valence-electron chi connectivity index (χ4n) is 2.44. The predicted molar refractivity (Wildman–Crippen MR) is 73.9 cm³/mol. The molecular formula is C14H25F3N2O2. The molecule has 21 heavy (non-hydrogen) atoms. The number of alkyl halides is 3. The first-order chi connectivity index (χ1) is 9.69. The smallest absolute Gasteiger partial charge is 0.380 e. The van der Waals surface area contributed by atoms with Crippen LogP contribution in [0.25, 0.3) is 0 Å². The van der Waals surface area contributed by atoms with Crippen LogP contribution in [0.4, 0.5) is 18.0 Å². The Balaban J connectivity index is 2.38. The molecule has 0 aliphatic carbocycles. The summed E-state index contributed by atoms with van der Waals surface area (Å²) >= 11 is 0. The first kappa shape index (κ1) is 18.1. The Morgan fingerprint density at radius 3 is 2.38 bits per heavy atom. The maximum absolute atomic E-state index is 12.7. The molecule has 0 aromatic heterocycles. The highest BCUT2D eigenvalue weighted by Gasteiger charge is 2.54. The van der Waals surface area contributed by atoms with Crippen LogP contribution in [0.15, 0.2) is 0 Å². The van der Waals surface area contributed by atoms with E-state index in [1.165, 1.54) is 4.90 Å². The van der Waals surface area contributed by atoms with E-state index in [4.69, 9.17) is 0 Å². The molecule has 0 aromatic carbocycles. The zero-order valence-corrected chi connectivity index (χ0v) is 12.7. The summed E-state index contributed by atoms with van der Waals surface area (Å²) in [4.78, 5) is 13.3. The van der Waals surface area contributed by atoms with Crippen LogP contribution in [0, 0.1) is 0 Å². The lowest BCUT2D eigenvalue weighted by molar-refractivity contribution is -0.271. The van der Waals surface area contributed by atoms with Gasteiger partial charge in [-0.2, -0.15) is 13.2 Å². The molecule has 0 saturated carbocycles. The number of hydrogen-bond donors (Lipinski definition) is 2. The van der Waals surface area contributed by atoms with Gasteiger partial charge in [-0.15, -0.1) is 0 Å². The lowest BCUT2D eigenvalue weighted by atomic mass is 9.91. The Bertz CT molecular complexity index is 340. The molecule has 1 aliphatic heterocycles. The molecule has 0 radical (unpaired) electrons. The summed E-state index contributed by atoms with van der Waals surface area (Å²) in [5.41, 5.74) is -2.66. The SMILES string of the molecule is CCCCCC(C)NC(=O)N1CCC(O)(C(F)(F)F)CC1. The standard InChI is InChI=1S/C14H25F3N2O2/c1-3-4-5-6-11(2)18-12(20)19-9-7-13(21,8-10-19)14(15,16)17/h11,21H,3-10H2,1-2H3,(H,18,20). The molecular weight excluding hydrogens is 285 g/mol. The average Bonchev–Trinajstić information content (AvgIpc) is 2.38. The van der Waals surface area contributed by atoms with Crippen LogP contribution in [0.5, 0.6) is 0 Å². The van der Waals surface area contributed by atoms with Crippen molar-refractivity contribution in [2.45, 2.75) is 70.2 Å². The fourth-order valence-corrected chi connectivity index (χ4v) is 2.44. The molecule has 124 valence electrons. The van der Waals surface area contributed by atoms with Gasteiger partial charge in [0.1, 0.15) is 0 Å². The van der Waals surface area contributed by atoms with Crippen molar-refractivity contribution in [3.05, 3.63) is 0 Å². The van der Waals surface area contributed by atoms with Crippen LogP contribution in [0.3, 0.4) is 0 Å². The monoisotopic (exact) mass is 310 g/mol. The molecule has 1 fully saturated rings. The van der Waals surface area contributed by atoms with E-state index < -0.39 is 24.6 Å². The molecule has 1 rings (SSSR count). The van der Waals surface area contributed by atoms with Gasteiger partial charge >= 0.3 is 12.2 Å². The fraction of sp³-hybridized carbons (Fsp3) is 0.929. The lowest BCUT2D eigenvalue weighted by Gasteiger charge is -2.39. The maximum Gasteiger partial charge on any atom is 0.417 e. The van der Waals surface area contributed by atoms with Crippen LogP contribution in [-0.4, -0.2) is 46.9 Å². The number of urea groups is 1. The Labute approximate surface area is 123 Å². The minimum Gasteiger partial charge on any atom is -0.380 e. The minimum atomic E-state index is -4.64. The Kier molecular flexibility index (Phi) is 6.31. The Hall–Kier alpha value is -0.980. The van der Waals surface area contributed by atoms with Crippen LogP contribution in [-0.2, 0) is 0 Å². The van der Waals surface area contributed by atoms with Crippen molar-refractivity contribution in [3.63, 3.8) is 0 Å². The van der Waals surface area contributed by atoms with Crippen molar-refractivity contribution in [3.8, 4) is 0 Å². The maximum atomic E-state index is 12.7. The van der Waals surface area contributed by atoms with E-state index in [1.54, 1.807) is 0 Å². The van der Waals surface area contributed by atoms with Crippen LogP contribution in [0.1, 0.15) is 52.4 Å². The van der Waals surface area contributed by atoms with E-state index >= 15 is 0 Å². The van der Waals surface area contributed by atoms with Crippen molar-refractivity contribution >= 4 is 6.03 Å². The van der Waals surface area contributed by atoms with Crippen molar-refractivity contribution in [2.24, 2.45) is 0 Å². The number of nitrogens with zero attached hydrogens (tertiary/aromatic N) is 1. The van der Waals surface area contributed by atoms with Gasteiger partial charge in [0, 0.05) is 32.0 Å². The van der Waals surface area contributed by atoms with Gasteiger partial charge in [-0.1, -0.05) is 26.2 Å². The number of hydrogen-bond acceptors (Lipinski definition) is 2.